The van der Waals surface area contributed by atoms with Gasteiger partial charge >= 0.3 is 0 Å². The van der Waals surface area contributed by atoms with Gasteiger partial charge in [-0.25, -0.2) is 0 Å². The molecule has 170 valence electrons. The number of nitrogens with zero attached hydrogens (tertiary/aromatic N) is 2. The van der Waals surface area contributed by atoms with Crippen LogP contribution in [0.2, 0.25) is 0 Å². The Kier molecular flexibility index (Phi) is 10.6. The molecule has 1 aliphatic carbocycles. The highest BCUT2D eigenvalue weighted by Crippen LogP contribution is 2.34. The molecule has 2 aromatic rings. The Morgan fingerprint density at radius 3 is 1.97 bits per heavy atom. The van der Waals surface area contributed by atoms with Crippen molar-refractivity contribution in [3.63, 3.8) is 0 Å². The quantitative estimate of drug-likeness (QED) is 0.303. The van der Waals surface area contributed by atoms with Crippen LogP contribution in [-0.2, 0) is 12.8 Å². The molecular weight excluding hydrogens is 376 g/mol. The summed E-state index contributed by atoms with van der Waals surface area (Å²) in [6, 6.07) is 13.3. The molecule has 2 heteroatoms. The molecule has 2 nitrogen and oxygen atoms in total. The summed E-state index contributed by atoms with van der Waals surface area (Å²) in [7, 11) is 0. The minimum atomic E-state index is 0.897. The molecule has 0 amide bonds. The Bertz CT molecular complexity index is 711. The van der Waals surface area contributed by atoms with Gasteiger partial charge in [-0.05, 0) is 55.2 Å². The lowest BCUT2D eigenvalue weighted by Gasteiger charge is -2.28. The van der Waals surface area contributed by atoms with E-state index >= 15 is 0 Å². The van der Waals surface area contributed by atoms with E-state index in [0.29, 0.717) is 0 Å². The van der Waals surface area contributed by atoms with Crippen LogP contribution in [0.25, 0.3) is 11.3 Å². The normalized spacial score (nSPS) is 18.9. The molecule has 0 aliphatic heterocycles. The SMILES string of the molecule is CCCCCCc1ccc(-c2ccc(CCC3CCC(CCCCC)CC3)nn2)cc1. The second kappa shape index (κ2) is 13.7. The van der Waals surface area contributed by atoms with Crippen LogP contribution in [0.1, 0.15) is 109 Å². The molecule has 1 aromatic carbocycles. The Labute approximate surface area is 191 Å². The summed E-state index contributed by atoms with van der Waals surface area (Å²) in [6.07, 6.45) is 20.2. The Hall–Kier alpha value is -1.70. The van der Waals surface area contributed by atoms with E-state index in [1.54, 1.807) is 0 Å². The van der Waals surface area contributed by atoms with Crippen LogP contribution in [0, 0.1) is 11.8 Å². The molecule has 31 heavy (non-hydrogen) atoms. The van der Waals surface area contributed by atoms with Gasteiger partial charge in [-0.15, -0.1) is 0 Å². The van der Waals surface area contributed by atoms with Gasteiger partial charge in [0.25, 0.3) is 0 Å². The standard InChI is InChI=1S/C29H44N2/c1-3-5-7-9-11-25-16-19-27(20-17-25)29-23-22-28(30-31-29)21-18-26-14-12-24(13-15-26)10-8-6-4-2/h16-17,19-20,22-24,26H,3-15,18,21H2,1-2H3. The number of aryl methyl sites for hydroxylation is 2. The number of unbranched alkanes of at least 4 members (excludes halogenated alkanes) is 5. The maximum Gasteiger partial charge on any atom is 0.0929 e. The molecule has 0 unspecified atom stereocenters. The van der Waals surface area contributed by atoms with Crippen molar-refractivity contribution in [1.82, 2.24) is 10.2 Å². The highest BCUT2D eigenvalue weighted by molar-refractivity contribution is 5.58. The van der Waals surface area contributed by atoms with E-state index in [1.165, 1.54) is 101 Å². The van der Waals surface area contributed by atoms with Crippen molar-refractivity contribution in [2.75, 3.05) is 0 Å². The molecule has 0 N–H and O–H groups in total. The van der Waals surface area contributed by atoms with Gasteiger partial charge in [0, 0.05) is 5.56 Å². The Morgan fingerprint density at radius 2 is 1.32 bits per heavy atom. The van der Waals surface area contributed by atoms with Gasteiger partial charge in [-0.2, -0.15) is 10.2 Å². The minimum Gasteiger partial charge on any atom is -0.155 e. The van der Waals surface area contributed by atoms with Crippen LogP contribution in [0.15, 0.2) is 36.4 Å². The summed E-state index contributed by atoms with van der Waals surface area (Å²) in [4.78, 5) is 0. The van der Waals surface area contributed by atoms with E-state index < -0.39 is 0 Å². The predicted molar refractivity (Wildman–Crippen MR) is 133 cm³/mol. The van der Waals surface area contributed by atoms with Crippen molar-refractivity contribution < 1.29 is 0 Å². The lowest BCUT2D eigenvalue weighted by atomic mass is 9.78. The molecule has 0 spiro atoms. The van der Waals surface area contributed by atoms with Crippen LogP contribution in [0.3, 0.4) is 0 Å². The zero-order valence-electron chi connectivity index (χ0n) is 20.1. The Balaban J connectivity index is 1.39. The van der Waals surface area contributed by atoms with Crippen LogP contribution >= 0.6 is 0 Å². The fourth-order valence-corrected chi connectivity index (χ4v) is 5.09. The molecule has 1 fully saturated rings. The predicted octanol–water partition coefficient (Wildman–Crippen LogP) is 8.59. The third kappa shape index (κ3) is 8.39. The summed E-state index contributed by atoms with van der Waals surface area (Å²) < 4.78 is 0. The monoisotopic (exact) mass is 420 g/mol. The topological polar surface area (TPSA) is 25.8 Å². The average Bonchev–Trinajstić information content (AvgIpc) is 2.82. The van der Waals surface area contributed by atoms with E-state index in [-0.39, 0.29) is 0 Å². The maximum absolute atomic E-state index is 4.55. The third-order valence-electron chi connectivity index (χ3n) is 7.28. The lowest BCUT2D eigenvalue weighted by molar-refractivity contribution is 0.248. The van der Waals surface area contributed by atoms with Crippen LogP contribution in [0.4, 0.5) is 0 Å². The smallest absolute Gasteiger partial charge is 0.0929 e. The van der Waals surface area contributed by atoms with Gasteiger partial charge in [0.1, 0.15) is 0 Å². The van der Waals surface area contributed by atoms with Gasteiger partial charge in [0.05, 0.1) is 11.4 Å². The van der Waals surface area contributed by atoms with Crippen molar-refractivity contribution in [3.05, 3.63) is 47.7 Å². The summed E-state index contributed by atoms with van der Waals surface area (Å²) in [5.74, 6) is 1.90. The van der Waals surface area contributed by atoms with Gasteiger partial charge < -0.3 is 0 Å². The summed E-state index contributed by atoms with van der Waals surface area (Å²) in [5.41, 5.74) is 4.76. The highest BCUT2D eigenvalue weighted by atomic mass is 15.1. The molecule has 1 heterocycles. The van der Waals surface area contributed by atoms with E-state index in [0.717, 1.165) is 29.6 Å². The van der Waals surface area contributed by atoms with Crippen molar-refractivity contribution in [2.45, 2.75) is 110 Å². The zero-order valence-corrected chi connectivity index (χ0v) is 20.1. The van der Waals surface area contributed by atoms with Crippen LogP contribution < -0.4 is 0 Å². The molecule has 0 radical (unpaired) electrons. The van der Waals surface area contributed by atoms with Gasteiger partial charge in [-0.1, -0.05) is 109 Å². The van der Waals surface area contributed by atoms with E-state index in [2.05, 4.69) is 60.4 Å². The first kappa shape index (κ1) is 24.0. The van der Waals surface area contributed by atoms with E-state index in [1.807, 2.05) is 0 Å². The molecule has 0 atom stereocenters. The van der Waals surface area contributed by atoms with Crippen molar-refractivity contribution in [1.29, 1.82) is 0 Å². The number of hydrogen-bond acceptors (Lipinski definition) is 2. The molecule has 0 bridgehead atoms. The first-order valence-electron chi connectivity index (χ1n) is 13.2. The maximum atomic E-state index is 4.55. The van der Waals surface area contributed by atoms with E-state index in [4.69, 9.17) is 0 Å². The molecular formula is C29H44N2. The van der Waals surface area contributed by atoms with Gasteiger partial charge in [0.15, 0.2) is 0 Å². The van der Waals surface area contributed by atoms with E-state index in [9.17, 15) is 0 Å². The highest BCUT2D eigenvalue weighted by Gasteiger charge is 2.20. The Morgan fingerprint density at radius 1 is 0.645 bits per heavy atom. The fraction of sp³-hybridized carbons (Fsp3) is 0.655. The van der Waals surface area contributed by atoms with Crippen molar-refractivity contribution in [2.24, 2.45) is 11.8 Å². The summed E-state index contributed by atoms with van der Waals surface area (Å²) in [5, 5.41) is 9.08. The van der Waals surface area contributed by atoms with Crippen LogP contribution in [-0.4, -0.2) is 10.2 Å². The largest absolute Gasteiger partial charge is 0.155 e. The van der Waals surface area contributed by atoms with Gasteiger partial charge in [0.2, 0.25) is 0 Å². The average molecular weight is 421 g/mol. The third-order valence-corrected chi connectivity index (χ3v) is 7.28. The molecule has 1 aromatic heterocycles. The second-order valence-electron chi connectivity index (χ2n) is 9.84. The minimum absolute atomic E-state index is 0.897. The number of rotatable bonds is 13. The molecule has 3 rings (SSSR count). The number of benzene rings is 1. The van der Waals surface area contributed by atoms with Crippen molar-refractivity contribution >= 4 is 0 Å². The molecule has 0 saturated heterocycles. The first-order valence-corrected chi connectivity index (χ1v) is 13.2. The lowest BCUT2D eigenvalue weighted by Crippen LogP contribution is -2.15. The number of aromatic nitrogens is 2. The fourth-order valence-electron chi connectivity index (χ4n) is 5.09. The summed E-state index contributed by atoms with van der Waals surface area (Å²) in [6.45, 7) is 4.57. The van der Waals surface area contributed by atoms with Gasteiger partial charge in [-0.3, -0.25) is 0 Å². The zero-order chi connectivity index (χ0) is 21.7. The summed E-state index contributed by atoms with van der Waals surface area (Å²) >= 11 is 0. The van der Waals surface area contributed by atoms with Crippen LogP contribution in [0.5, 0.6) is 0 Å². The second-order valence-corrected chi connectivity index (χ2v) is 9.84. The number of hydrogen-bond donors (Lipinski definition) is 0. The molecule has 1 aliphatic rings. The molecule has 1 saturated carbocycles. The first-order chi connectivity index (χ1) is 15.3. The van der Waals surface area contributed by atoms with Crippen molar-refractivity contribution in [3.8, 4) is 11.3 Å².